The number of benzene rings is 2. The molecule has 4 rings (SSSR count). The second kappa shape index (κ2) is 8.49. The topological polar surface area (TPSA) is 38.1 Å². The molecule has 1 aliphatic rings. The summed E-state index contributed by atoms with van der Waals surface area (Å²) in [6, 6.07) is 17.8. The van der Waals surface area contributed by atoms with E-state index >= 15 is 0 Å². The van der Waals surface area contributed by atoms with Crippen LogP contribution >= 0.6 is 39.9 Å². The molecule has 1 fully saturated rings. The van der Waals surface area contributed by atoms with Gasteiger partial charge in [0, 0.05) is 28.3 Å². The minimum absolute atomic E-state index is 0.103. The van der Waals surface area contributed by atoms with Gasteiger partial charge >= 0.3 is 0 Å². The number of halogens is 1. The van der Waals surface area contributed by atoms with E-state index in [-0.39, 0.29) is 5.91 Å². The summed E-state index contributed by atoms with van der Waals surface area (Å²) < 4.78 is 3.37. The maximum Gasteiger partial charge on any atom is 0.266 e. The van der Waals surface area contributed by atoms with E-state index in [1.165, 1.54) is 11.8 Å². The van der Waals surface area contributed by atoms with Gasteiger partial charge in [0.1, 0.15) is 4.32 Å². The molecule has 1 amide bonds. The monoisotopic (exact) mass is 481 g/mol. The first-order valence-corrected chi connectivity index (χ1v) is 10.9. The summed E-state index contributed by atoms with van der Waals surface area (Å²) in [6.07, 6.45) is 5.48. The van der Waals surface area contributed by atoms with Gasteiger partial charge in [-0.3, -0.25) is 9.69 Å². The van der Waals surface area contributed by atoms with Crippen molar-refractivity contribution in [1.29, 1.82) is 0 Å². The van der Waals surface area contributed by atoms with Crippen molar-refractivity contribution in [3.05, 3.63) is 88.4 Å². The van der Waals surface area contributed by atoms with Crippen molar-refractivity contribution in [2.24, 2.45) is 0 Å². The number of para-hydroxylation sites is 1. The third-order valence-corrected chi connectivity index (χ3v) is 6.26. The van der Waals surface area contributed by atoms with Gasteiger partial charge in [-0.25, -0.2) is 4.68 Å². The van der Waals surface area contributed by atoms with Crippen molar-refractivity contribution in [3.8, 4) is 16.9 Å². The number of hydrogen-bond donors (Lipinski definition) is 0. The lowest BCUT2D eigenvalue weighted by Gasteiger charge is -2.10. The fourth-order valence-electron chi connectivity index (χ4n) is 2.97. The molecule has 0 aliphatic carbocycles. The smallest absolute Gasteiger partial charge is 0.266 e. The fourth-order valence-corrected chi connectivity index (χ4v) is 4.50. The van der Waals surface area contributed by atoms with Crippen LogP contribution in [0.3, 0.4) is 0 Å². The minimum atomic E-state index is -0.103. The molecule has 0 atom stereocenters. The van der Waals surface area contributed by atoms with Gasteiger partial charge in [-0.2, -0.15) is 5.10 Å². The van der Waals surface area contributed by atoms with Crippen LogP contribution in [0.15, 0.2) is 82.8 Å². The highest BCUT2D eigenvalue weighted by molar-refractivity contribution is 9.10. The summed E-state index contributed by atoms with van der Waals surface area (Å²) in [5.74, 6) is -0.103. The zero-order chi connectivity index (χ0) is 20.4. The molecular weight excluding hydrogens is 466 g/mol. The molecule has 29 heavy (non-hydrogen) atoms. The Morgan fingerprint density at radius 2 is 1.86 bits per heavy atom. The maximum absolute atomic E-state index is 12.7. The first kappa shape index (κ1) is 19.8. The molecule has 0 spiro atoms. The quantitative estimate of drug-likeness (QED) is 0.266. The number of carbonyl (C=O) groups is 1. The standard InChI is InChI=1S/C22H16BrN3OS2/c1-2-12-25-21(27)19(29-22(25)28)13-16-14-26(18-6-4-3-5-7-18)24-20(16)15-8-10-17(23)11-9-15/h2-11,13-14H,1,12H2/b19-13+. The van der Waals surface area contributed by atoms with E-state index in [1.807, 2.05) is 71.6 Å². The Kier molecular flexibility index (Phi) is 5.80. The third-order valence-electron chi connectivity index (χ3n) is 4.35. The largest absolute Gasteiger partial charge is 0.289 e. The van der Waals surface area contributed by atoms with Gasteiger partial charge in [-0.15, -0.1) is 6.58 Å². The molecule has 0 radical (unpaired) electrons. The molecule has 1 aliphatic heterocycles. The summed E-state index contributed by atoms with van der Waals surface area (Å²) in [5.41, 5.74) is 3.58. The zero-order valence-corrected chi connectivity index (χ0v) is 18.5. The molecule has 2 aromatic carbocycles. The maximum atomic E-state index is 12.7. The predicted molar refractivity (Wildman–Crippen MR) is 127 cm³/mol. The fraction of sp³-hybridized carbons (Fsp3) is 0.0455. The molecule has 0 bridgehead atoms. The second-order valence-electron chi connectivity index (χ2n) is 6.30. The van der Waals surface area contributed by atoms with Crippen LogP contribution in [0, 0.1) is 0 Å². The number of aromatic nitrogens is 2. The van der Waals surface area contributed by atoms with Crippen molar-refractivity contribution < 1.29 is 4.79 Å². The van der Waals surface area contributed by atoms with Gasteiger partial charge in [0.15, 0.2) is 0 Å². The molecule has 4 nitrogen and oxygen atoms in total. The van der Waals surface area contributed by atoms with E-state index in [1.54, 1.807) is 11.0 Å². The molecule has 2 heterocycles. The summed E-state index contributed by atoms with van der Waals surface area (Å²) in [7, 11) is 0. The molecule has 144 valence electrons. The lowest BCUT2D eigenvalue weighted by Crippen LogP contribution is -2.27. The van der Waals surface area contributed by atoms with E-state index < -0.39 is 0 Å². The van der Waals surface area contributed by atoms with E-state index in [4.69, 9.17) is 17.3 Å². The number of carbonyl (C=O) groups excluding carboxylic acids is 1. The summed E-state index contributed by atoms with van der Waals surface area (Å²) in [5, 5.41) is 4.80. The number of amides is 1. The lowest BCUT2D eigenvalue weighted by atomic mass is 10.1. The Labute approximate surface area is 187 Å². The van der Waals surface area contributed by atoms with Crippen molar-refractivity contribution in [2.75, 3.05) is 6.54 Å². The minimum Gasteiger partial charge on any atom is -0.289 e. The molecule has 0 unspecified atom stereocenters. The van der Waals surface area contributed by atoms with E-state index in [9.17, 15) is 4.79 Å². The highest BCUT2D eigenvalue weighted by atomic mass is 79.9. The normalized spacial score (nSPS) is 15.3. The van der Waals surface area contributed by atoms with Gasteiger partial charge in [0.2, 0.25) is 0 Å². The van der Waals surface area contributed by atoms with Crippen molar-refractivity contribution >= 4 is 56.2 Å². The Hall–Kier alpha value is -2.48. The molecule has 0 saturated carbocycles. The Bertz CT molecular complexity index is 1120. The van der Waals surface area contributed by atoms with Crippen LogP contribution in [-0.2, 0) is 4.79 Å². The molecule has 3 aromatic rings. The molecular formula is C22H16BrN3OS2. The van der Waals surface area contributed by atoms with Crippen LogP contribution in [0.2, 0.25) is 0 Å². The van der Waals surface area contributed by atoms with E-state index in [0.29, 0.717) is 15.8 Å². The SMILES string of the molecule is C=CCN1C(=O)/C(=C\c2cn(-c3ccccc3)nc2-c2ccc(Br)cc2)SC1=S. The van der Waals surface area contributed by atoms with Gasteiger partial charge in [0.05, 0.1) is 16.3 Å². The van der Waals surface area contributed by atoms with Crippen LogP contribution in [0.25, 0.3) is 23.0 Å². The van der Waals surface area contributed by atoms with E-state index in [2.05, 4.69) is 22.5 Å². The summed E-state index contributed by atoms with van der Waals surface area (Å²) in [6.45, 7) is 4.11. The summed E-state index contributed by atoms with van der Waals surface area (Å²) in [4.78, 5) is 14.9. The zero-order valence-electron chi connectivity index (χ0n) is 15.3. The molecule has 0 N–H and O–H groups in total. The Morgan fingerprint density at radius 3 is 2.55 bits per heavy atom. The Balaban J connectivity index is 1.80. The van der Waals surface area contributed by atoms with Gasteiger partial charge in [-0.05, 0) is 30.3 Å². The average molecular weight is 482 g/mol. The van der Waals surface area contributed by atoms with Crippen LogP contribution in [0.4, 0.5) is 0 Å². The number of nitrogens with zero attached hydrogens (tertiary/aromatic N) is 3. The molecule has 1 aromatic heterocycles. The van der Waals surface area contributed by atoms with Crippen molar-refractivity contribution in [2.45, 2.75) is 0 Å². The van der Waals surface area contributed by atoms with Crippen LogP contribution in [-0.4, -0.2) is 31.5 Å². The van der Waals surface area contributed by atoms with Crippen LogP contribution in [0.1, 0.15) is 5.56 Å². The van der Waals surface area contributed by atoms with E-state index in [0.717, 1.165) is 27.0 Å². The summed E-state index contributed by atoms with van der Waals surface area (Å²) >= 11 is 10.1. The number of thioether (sulfide) groups is 1. The van der Waals surface area contributed by atoms with Crippen LogP contribution in [0.5, 0.6) is 0 Å². The number of hydrogen-bond acceptors (Lipinski definition) is 4. The molecule has 7 heteroatoms. The lowest BCUT2D eigenvalue weighted by molar-refractivity contribution is -0.121. The van der Waals surface area contributed by atoms with Crippen molar-refractivity contribution in [3.63, 3.8) is 0 Å². The number of rotatable bonds is 5. The third kappa shape index (κ3) is 4.12. The van der Waals surface area contributed by atoms with Gasteiger partial charge < -0.3 is 0 Å². The second-order valence-corrected chi connectivity index (χ2v) is 8.89. The number of thiocarbonyl (C=S) groups is 1. The first-order valence-electron chi connectivity index (χ1n) is 8.84. The first-order chi connectivity index (χ1) is 14.1. The van der Waals surface area contributed by atoms with Gasteiger partial charge in [0.25, 0.3) is 5.91 Å². The Morgan fingerprint density at radius 1 is 1.14 bits per heavy atom. The van der Waals surface area contributed by atoms with Crippen molar-refractivity contribution in [1.82, 2.24) is 14.7 Å². The molecule has 1 saturated heterocycles. The van der Waals surface area contributed by atoms with Gasteiger partial charge in [-0.1, -0.05) is 76.3 Å². The highest BCUT2D eigenvalue weighted by Gasteiger charge is 2.31. The average Bonchev–Trinajstić information content (AvgIpc) is 3.26. The highest BCUT2D eigenvalue weighted by Crippen LogP contribution is 2.35. The predicted octanol–water partition coefficient (Wildman–Crippen LogP) is 5.69. The van der Waals surface area contributed by atoms with Crippen LogP contribution < -0.4 is 0 Å².